The van der Waals surface area contributed by atoms with Gasteiger partial charge in [0.25, 0.3) is 5.91 Å². The quantitative estimate of drug-likeness (QED) is 0.335. The summed E-state index contributed by atoms with van der Waals surface area (Å²) < 4.78 is 66.0. The molecule has 0 aliphatic carbocycles. The van der Waals surface area contributed by atoms with E-state index in [-0.39, 0.29) is 16.8 Å². The minimum absolute atomic E-state index is 0.145. The van der Waals surface area contributed by atoms with Gasteiger partial charge in [0.1, 0.15) is 4.90 Å². The summed E-state index contributed by atoms with van der Waals surface area (Å²) in [5.41, 5.74) is 3.80. The number of hydrogen-bond donors (Lipinski definition) is 2. The van der Waals surface area contributed by atoms with E-state index in [2.05, 4.69) is 20.2 Å². The highest BCUT2D eigenvalue weighted by molar-refractivity contribution is 7.89. The molecule has 4 heterocycles. The maximum absolute atomic E-state index is 13.2. The zero-order valence-electron chi connectivity index (χ0n) is 22.7. The van der Waals surface area contributed by atoms with E-state index in [1.165, 1.54) is 34.9 Å². The van der Waals surface area contributed by atoms with Crippen LogP contribution in [-0.2, 0) is 35.7 Å². The van der Waals surface area contributed by atoms with Crippen LogP contribution < -0.4 is 5.32 Å². The number of halogens is 3. The number of hydrogen-bond acceptors (Lipinski definition) is 5. The molecular weight excluding hydrogens is 567 g/mol. The van der Waals surface area contributed by atoms with Crippen molar-refractivity contribution in [1.82, 2.24) is 24.5 Å². The van der Waals surface area contributed by atoms with Gasteiger partial charge in [-0.1, -0.05) is 12.1 Å². The number of pyridine rings is 1. The van der Waals surface area contributed by atoms with Gasteiger partial charge in [0.2, 0.25) is 10.0 Å². The Morgan fingerprint density at radius 3 is 2.50 bits per heavy atom. The van der Waals surface area contributed by atoms with E-state index in [0.717, 1.165) is 52.8 Å². The Hall–Kier alpha value is -3.74. The number of piperidine rings is 1. The van der Waals surface area contributed by atoms with Crippen molar-refractivity contribution in [1.29, 1.82) is 0 Å². The van der Waals surface area contributed by atoms with Crippen LogP contribution in [0, 0.1) is 0 Å². The van der Waals surface area contributed by atoms with Gasteiger partial charge in [0.15, 0.2) is 0 Å². The average molecular weight is 598 g/mol. The predicted octanol–water partition coefficient (Wildman–Crippen LogP) is 4.72. The summed E-state index contributed by atoms with van der Waals surface area (Å²) in [5.74, 6) is -0.210. The van der Waals surface area contributed by atoms with E-state index in [9.17, 15) is 26.4 Å². The number of H-pyrrole nitrogens is 1. The van der Waals surface area contributed by atoms with Crippen LogP contribution in [-0.4, -0.2) is 59.2 Å². The van der Waals surface area contributed by atoms with Gasteiger partial charge in [-0.15, -0.1) is 0 Å². The largest absolute Gasteiger partial charge is 0.416 e. The molecule has 6 rings (SSSR count). The summed E-state index contributed by atoms with van der Waals surface area (Å²) in [4.78, 5) is 22.9. The van der Waals surface area contributed by atoms with Crippen LogP contribution >= 0.6 is 0 Å². The number of aromatic nitrogens is 2. The van der Waals surface area contributed by atoms with E-state index >= 15 is 0 Å². The van der Waals surface area contributed by atoms with E-state index in [4.69, 9.17) is 0 Å². The molecule has 1 saturated heterocycles. The lowest BCUT2D eigenvalue weighted by Crippen LogP contribution is -2.46. The molecule has 2 aromatic heterocycles. The third-order valence-corrected chi connectivity index (χ3v) is 9.95. The second-order valence-electron chi connectivity index (χ2n) is 10.8. The lowest BCUT2D eigenvalue weighted by atomic mass is 10.0. The molecule has 1 fully saturated rings. The van der Waals surface area contributed by atoms with Gasteiger partial charge in [-0.05, 0) is 66.4 Å². The Bertz CT molecular complexity index is 1700. The maximum Gasteiger partial charge on any atom is 0.416 e. The normalized spacial score (nSPS) is 17.3. The molecule has 0 bridgehead atoms. The second-order valence-corrected chi connectivity index (χ2v) is 12.8. The summed E-state index contributed by atoms with van der Waals surface area (Å²) in [7, 11) is -3.62. The van der Waals surface area contributed by atoms with Gasteiger partial charge in [0.05, 0.1) is 5.56 Å². The van der Waals surface area contributed by atoms with Gasteiger partial charge >= 0.3 is 6.18 Å². The molecule has 2 aliphatic heterocycles. The summed E-state index contributed by atoms with van der Waals surface area (Å²) in [6.07, 6.45) is 0.295. The van der Waals surface area contributed by atoms with Crippen molar-refractivity contribution >= 4 is 26.8 Å². The Balaban J connectivity index is 1.10. The third-order valence-electron chi connectivity index (χ3n) is 8.07. The number of nitrogens with one attached hydrogen (secondary N) is 2. The van der Waals surface area contributed by atoms with E-state index < -0.39 is 21.8 Å². The van der Waals surface area contributed by atoms with Crippen molar-refractivity contribution < 1.29 is 26.4 Å². The van der Waals surface area contributed by atoms with Crippen molar-refractivity contribution in [3.63, 3.8) is 0 Å². The fourth-order valence-corrected chi connectivity index (χ4v) is 7.20. The van der Waals surface area contributed by atoms with Crippen LogP contribution in [0.1, 0.15) is 45.6 Å². The Morgan fingerprint density at radius 2 is 1.81 bits per heavy atom. The number of aromatic amines is 1. The minimum atomic E-state index is -4.36. The molecule has 8 nitrogen and oxygen atoms in total. The van der Waals surface area contributed by atoms with Crippen molar-refractivity contribution in [2.45, 2.75) is 49.5 Å². The molecule has 0 atom stereocenters. The molecule has 2 N–H and O–H groups in total. The fraction of sp³-hybridized carbons (Fsp3) is 0.333. The average Bonchev–Trinajstić information content (AvgIpc) is 3.35. The molecule has 42 heavy (non-hydrogen) atoms. The highest BCUT2D eigenvalue weighted by atomic mass is 32.2. The van der Waals surface area contributed by atoms with Gasteiger partial charge in [-0.25, -0.2) is 8.42 Å². The maximum atomic E-state index is 13.2. The Morgan fingerprint density at radius 1 is 1.05 bits per heavy atom. The van der Waals surface area contributed by atoms with Crippen molar-refractivity contribution in [3.05, 3.63) is 94.9 Å². The molecule has 0 saturated carbocycles. The van der Waals surface area contributed by atoms with Gasteiger partial charge in [-0.3, -0.25) is 14.7 Å². The first-order chi connectivity index (χ1) is 20.1. The minimum Gasteiger partial charge on any atom is -0.358 e. The predicted molar refractivity (Wildman–Crippen MR) is 151 cm³/mol. The van der Waals surface area contributed by atoms with Crippen LogP contribution in [0.3, 0.4) is 0 Å². The highest BCUT2D eigenvalue weighted by Gasteiger charge is 2.31. The molecule has 4 aromatic rings. The lowest BCUT2D eigenvalue weighted by Gasteiger charge is -2.31. The van der Waals surface area contributed by atoms with Crippen molar-refractivity contribution in [2.75, 3.05) is 19.6 Å². The first kappa shape index (κ1) is 28.4. The second kappa shape index (κ2) is 11.2. The fourth-order valence-electron chi connectivity index (χ4n) is 5.76. The number of benzene rings is 2. The standard InChI is InChI=1S/C30H30F3N5O3S/c31-30(32,33)22-6-3-20(4-7-22)18-37-13-11-28-26(19-37)25-16-21(5-8-27(25)36-28)29(39)35-23-9-14-38(15-10-23)42(40,41)24-2-1-12-34-17-24/h1-8,12,16-17,23,36H,9-11,13-15,18-19H2,(H,35,39). The monoisotopic (exact) mass is 597 g/mol. The van der Waals surface area contributed by atoms with Gasteiger partial charge in [0, 0.05) is 79.7 Å². The number of sulfonamides is 1. The zero-order valence-corrected chi connectivity index (χ0v) is 23.5. The van der Waals surface area contributed by atoms with Crippen molar-refractivity contribution in [3.8, 4) is 0 Å². The first-order valence-electron chi connectivity index (χ1n) is 13.8. The van der Waals surface area contributed by atoms with Crippen LogP contribution in [0.2, 0.25) is 0 Å². The van der Waals surface area contributed by atoms with Crippen molar-refractivity contribution in [2.24, 2.45) is 0 Å². The molecule has 0 radical (unpaired) electrons. The molecule has 1 amide bonds. The SMILES string of the molecule is O=C(NC1CCN(S(=O)(=O)c2cccnc2)CC1)c1ccc2[nH]c3c(c2c1)CN(Cc1ccc(C(F)(F)F)cc1)CC3. The van der Waals surface area contributed by atoms with Gasteiger partial charge < -0.3 is 10.3 Å². The molecule has 0 spiro atoms. The molecule has 0 unspecified atom stereocenters. The number of nitrogens with zero attached hydrogens (tertiary/aromatic N) is 3. The van der Waals surface area contributed by atoms with E-state index in [1.54, 1.807) is 12.1 Å². The molecule has 220 valence electrons. The molecule has 2 aliphatic rings. The molecule has 12 heteroatoms. The molecule has 2 aromatic carbocycles. The number of alkyl halides is 3. The van der Waals surface area contributed by atoms with E-state index in [1.807, 2.05) is 12.1 Å². The van der Waals surface area contributed by atoms with Crippen LogP contribution in [0.5, 0.6) is 0 Å². The summed E-state index contributed by atoms with van der Waals surface area (Å²) >= 11 is 0. The number of rotatable bonds is 6. The van der Waals surface area contributed by atoms with Crippen LogP contribution in [0.15, 0.2) is 71.9 Å². The van der Waals surface area contributed by atoms with Crippen LogP contribution in [0.25, 0.3) is 10.9 Å². The lowest BCUT2D eigenvalue weighted by molar-refractivity contribution is -0.137. The number of amides is 1. The summed E-state index contributed by atoms with van der Waals surface area (Å²) in [5, 5.41) is 4.02. The number of fused-ring (bicyclic) bond motifs is 3. The summed E-state index contributed by atoms with van der Waals surface area (Å²) in [6, 6.07) is 13.8. The highest BCUT2D eigenvalue weighted by Crippen LogP contribution is 2.31. The number of carbonyl (C=O) groups is 1. The summed E-state index contributed by atoms with van der Waals surface area (Å²) in [6.45, 7) is 2.52. The third kappa shape index (κ3) is 5.79. The van der Waals surface area contributed by atoms with Gasteiger partial charge in [-0.2, -0.15) is 17.5 Å². The number of carbonyl (C=O) groups excluding carboxylic acids is 1. The van der Waals surface area contributed by atoms with Crippen LogP contribution in [0.4, 0.5) is 13.2 Å². The molecular formula is C30H30F3N5O3S. The first-order valence-corrected chi connectivity index (χ1v) is 15.2. The topological polar surface area (TPSA) is 98.4 Å². The Labute approximate surface area is 241 Å². The smallest absolute Gasteiger partial charge is 0.358 e. The van der Waals surface area contributed by atoms with E-state index in [0.29, 0.717) is 44.6 Å². The Kier molecular flexibility index (Phi) is 7.54. The zero-order chi connectivity index (χ0) is 29.5.